The minimum Gasteiger partial charge on any atom is -0.491 e. The summed E-state index contributed by atoms with van der Waals surface area (Å²) in [6.45, 7) is 15.0. The van der Waals surface area contributed by atoms with E-state index in [1.807, 2.05) is 18.2 Å². The summed E-state index contributed by atoms with van der Waals surface area (Å²) in [6.07, 6.45) is 2.07. The molecule has 42 heavy (non-hydrogen) atoms. The van der Waals surface area contributed by atoms with Crippen molar-refractivity contribution in [2.45, 2.75) is 39.9 Å². The van der Waals surface area contributed by atoms with Crippen LogP contribution in [0.25, 0.3) is 0 Å². The van der Waals surface area contributed by atoms with Crippen molar-refractivity contribution in [2.75, 3.05) is 62.4 Å². The molecule has 3 aromatic rings. The number of rotatable bonds is 16. The van der Waals surface area contributed by atoms with E-state index in [0.717, 1.165) is 67.5 Å². The first-order valence-electron chi connectivity index (χ1n) is 15.1. The predicted octanol–water partition coefficient (Wildman–Crippen LogP) is 5.81. The highest BCUT2D eigenvalue weighted by Gasteiger charge is 2.25. The summed E-state index contributed by atoms with van der Waals surface area (Å²) in [6, 6.07) is 22.9. The second-order valence-electron chi connectivity index (χ2n) is 10.4. The van der Waals surface area contributed by atoms with E-state index in [9.17, 15) is 0 Å². The Bertz CT molecular complexity index is 1280. The van der Waals surface area contributed by atoms with Gasteiger partial charge in [-0.15, -0.1) is 5.10 Å². The van der Waals surface area contributed by atoms with Gasteiger partial charge in [-0.1, -0.05) is 24.3 Å². The van der Waals surface area contributed by atoms with Gasteiger partial charge in [0.15, 0.2) is 0 Å². The molecule has 2 unspecified atom stereocenters. The lowest BCUT2D eigenvalue weighted by molar-refractivity contribution is 0.252. The van der Waals surface area contributed by atoms with Crippen LogP contribution in [0.3, 0.4) is 0 Å². The Morgan fingerprint density at radius 1 is 0.738 bits per heavy atom. The summed E-state index contributed by atoms with van der Waals surface area (Å²) in [4.78, 5) is 4.66. The molecule has 8 heteroatoms. The maximum atomic E-state index is 6.08. The van der Waals surface area contributed by atoms with Crippen LogP contribution in [0.2, 0.25) is 0 Å². The molecule has 5 rings (SSSR count). The summed E-state index contributed by atoms with van der Waals surface area (Å²) in [5.74, 6) is 1.42. The Labute approximate surface area is 249 Å². The Morgan fingerprint density at radius 2 is 1.24 bits per heavy atom. The molecule has 2 heterocycles. The molecule has 2 fully saturated rings. The van der Waals surface area contributed by atoms with Crippen LogP contribution < -0.4 is 19.3 Å². The van der Waals surface area contributed by atoms with Gasteiger partial charge in [-0.3, -0.25) is 0 Å². The van der Waals surface area contributed by atoms with Gasteiger partial charge in [-0.05, 0) is 64.1 Å². The number of hydrogen-bond donors (Lipinski definition) is 0. The Hall–Kier alpha value is -3.88. The predicted molar refractivity (Wildman–Crippen MR) is 170 cm³/mol. The summed E-state index contributed by atoms with van der Waals surface area (Å²) >= 11 is 0. The molecule has 0 bridgehead atoms. The molecular weight excluding hydrogens is 528 g/mol. The number of nitrogens with zero attached hydrogens (tertiary/aromatic N) is 4. The van der Waals surface area contributed by atoms with Crippen LogP contribution in [0.4, 0.5) is 11.4 Å². The minimum absolute atomic E-state index is 0.141. The highest BCUT2D eigenvalue weighted by atomic mass is 16.6. The SMILES string of the molecule is CCN(CC)c1ccc(C(=N/N=C/c2ccc(OCC3CO3)cc2OCC2CO2)c2ccc(N(CC)CC)cc2)cc1. The fourth-order valence-electron chi connectivity index (χ4n) is 4.81. The second kappa shape index (κ2) is 14.3. The molecule has 3 aromatic carbocycles. The lowest BCUT2D eigenvalue weighted by Gasteiger charge is -2.22. The van der Waals surface area contributed by atoms with Gasteiger partial charge in [0.2, 0.25) is 0 Å². The molecule has 8 nitrogen and oxygen atoms in total. The minimum atomic E-state index is 0.141. The van der Waals surface area contributed by atoms with Gasteiger partial charge in [0.05, 0.1) is 19.4 Å². The average Bonchev–Trinajstić information content (AvgIpc) is 3.96. The van der Waals surface area contributed by atoms with Crippen molar-refractivity contribution in [1.29, 1.82) is 0 Å². The zero-order valence-corrected chi connectivity index (χ0v) is 25.2. The zero-order chi connectivity index (χ0) is 29.3. The van der Waals surface area contributed by atoms with E-state index in [1.54, 1.807) is 6.21 Å². The topological polar surface area (TPSA) is 74.7 Å². The highest BCUT2D eigenvalue weighted by molar-refractivity contribution is 6.13. The molecule has 0 amide bonds. The third-order valence-corrected chi connectivity index (χ3v) is 7.54. The van der Waals surface area contributed by atoms with Crippen LogP contribution >= 0.6 is 0 Å². The van der Waals surface area contributed by atoms with Gasteiger partial charge in [0, 0.05) is 60.3 Å². The van der Waals surface area contributed by atoms with E-state index in [-0.39, 0.29) is 12.2 Å². The third-order valence-electron chi connectivity index (χ3n) is 7.54. The molecule has 0 aliphatic carbocycles. The third kappa shape index (κ3) is 7.89. The van der Waals surface area contributed by atoms with Gasteiger partial charge >= 0.3 is 0 Å². The summed E-state index contributed by atoms with van der Waals surface area (Å²) in [5.41, 5.74) is 6.03. The van der Waals surface area contributed by atoms with Crippen molar-refractivity contribution >= 4 is 23.3 Å². The van der Waals surface area contributed by atoms with Gasteiger partial charge in [0.25, 0.3) is 0 Å². The first-order chi connectivity index (χ1) is 20.6. The van der Waals surface area contributed by atoms with Gasteiger partial charge in [-0.2, -0.15) is 5.10 Å². The van der Waals surface area contributed by atoms with Crippen LogP contribution in [0.5, 0.6) is 11.5 Å². The highest BCUT2D eigenvalue weighted by Crippen LogP contribution is 2.27. The Morgan fingerprint density at radius 3 is 1.71 bits per heavy atom. The van der Waals surface area contributed by atoms with Crippen LogP contribution in [0.1, 0.15) is 44.4 Å². The lowest BCUT2D eigenvalue weighted by atomic mass is 10.0. The molecule has 0 saturated carbocycles. The number of ether oxygens (including phenoxy) is 4. The second-order valence-corrected chi connectivity index (χ2v) is 10.4. The van der Waals surface area contributed by atoms with E-state index < -0.39 is 0 Å². The van der Waals surface area contributed by atoms with E-state index in [1.165, 1.54) is 11.4 Å². The maximum absolute atomic E-state index is 6.08. The van der Waals surface area contributed by atoms with Gasteiger partial charge in [-0.25, -0.2) is 0 Å². The van der Waals surface area contributed by atoms with Crippen LogP contribution in [0, 0.1) is 0 Å². The van der Waals surface area contributed by atoms with Gasteiger partial charge in [0.1, 0.15) is 42.6 Å². The van der Waals surface area contributed by atoms with Crippen molar-refractivity contribution in [1.82, 2.24) is 0 Å². The zero-order valence-electron chi connectivity index (χ0n) is 25.2. The summed E-state index contributed by atoms with van der Waals surface area (Å²) in [5, 5.41) is 9.32. The van der Waals surface area contributed by atoms with Crippen molar-refractivity contribution in [3.63, 3.8) is 0 Å². The van der Waals surface area contributed by atoms with Crippen LogP contribution in [0.15, 0.2) is 76.9 Å². The molecule has 0 N–H and O–H groups in total. The Balaban J connectivity index is 1.43. The number of benzene rings is 3. The van der Waals surface area contributed by atoms with E-state index >= 15 is 0 Å². The van der Waals surface area contributed by atoms with Crippen LogP contribution in [-0.4, -0.2) is 76.7 Å². The number of epoxide rings is 2. The molecule has 2 aliphatic heterocycles. The quantitative estimate of drug-likeness (QED) is 0.123. The number of anilines is 2. The summed E-state index contributed by atoms with van der Waals surface area (Å²) < 4.78 is 22.6. The van der Waals surface area contributed by atoms with Crippen molar-refractivity contribution in [3.05, 3.63) is 83.4 Å². The van der Waals surface area contributed by atoms with E-state index in [2.05, 4.69) is 91.1 Å². The van der Waals surface area contributed by atoms with Crippen molar-refractivity contribution in [3.8, 4) is 11.5 Å². The lowest BCUT2D eigenvalue weighted by Crippen LogP contribution is -2.22. The monoisotopic (exact) mass is 570 g/mol. The standard InChI is InChI=1S/C34H42N4O4/c1-5-37(6-2)28-14-9-25(10-15-28)34(26-11-16-29(17-12-26)38(7-3)8-4)36-35-20-27-13-18-30(39-21-31-22-40-31)19-33(27)42-24-32-23-41-32/h9-20,31-32H,5-8,21-24H2,1-4H3/b35-20+. The van der Waals surface area contributed by atoms with Crippen molar-refractivity contribution in [2.24, 2.45) is 10.2 Å². The normalized spacial score (nSPS) is 17.1. The van der Waals surface area contributed by atoms with Gasteiger partial charge < -0.3 is 28.7 Å². The molecule has 0 radical (unpaired) electrons. The molecule has 222 valence electrons. The molecule has 0 aromatic heterocycles. The average molecular weight is 571 g/mol. The fraction of sp³-hybridized carbons (Fsp3) is 0.412. The van der Waals surface area contributed by atoms with E-state index in [0.29, 0.717) is 19.0 Å². The molecular formula is C34H42N4O4. The first kappa shape index (κ1) is 29.6. The molecule has 2 atom stereocenters. The molecule has 0 spiro atoms. The first-order valence-corrected chi connectivity index (χ1v) is 15.1. The Kier molecular flexibility index (Phi) is 10.1. The maximum Gasteiger partial charge on any atom is 0.131 e. The van der Waals surface area contributed by atoms with Crippen LogP contribution in [-0.2, 0) is 9.47 Å². The number of hydrogen-bond acceptors (Lipinski definition) is 8. The molecule has 2 saturated heterocycles. The smallest absolute Gasteiger partial charge is 0.131 e. The summed E-state index contributed by atoms with van der Waals surface area (Å²) in [7, 11) is 0. The van der Waals surface area contributed by atoms with E-state index in [4.69, 9.17) is 24.0 Å². The molecule has 2 aliphatic rings. The fourth-order valence-corrected chi connectivity index (χ4v) is 4.81. The largest absolute Gasteiger partial charge is 0.491 e. The van der Waals surface area contributed by atoms with Crippen molar-refractivity contribution < 1.29 is 18.9 Å².